The number of halogens is 2. The van der Waals surface area contributed by atoms with Gasteiger partial charge in [-0.15, -0.1) is 0 Å². The Hall–Kier alpha value is -0.180. The van der Waals surface area contributed by atoms with E-state index in [1.165, 1.54) is 0 Å². The molecule has 3 unspecified atom stereocenters. The molecule has 0 amide bonds. The molecular formula is C10H18F2O. The van der Waals surface area contributed by atoms with E-state index in [0.717, 1.165) is 6.42 Å². The normalized spacial score (nSPS) is 31.6. The minimum atomic E-state index is -2.44. The second kappa shape index (κ2) is 3.91. The zero-order chi connectivity index (χ0) is 10.1. The molecule has 0 aromatic rings. The van der Waals surface area contributed by atoms with Crippen molar-refractivity contribution in [1.29, 1.82) is 0 Å². The van der Waals surface area contributed by atoms with E-state index in [1.807, 2.05) is 6.92 Å². The van der Waals surface area contributed by atoms with E-state index >= 15 is 0 Å². The Morgan fingerprint density at radius 3 is 2.46 bits per heavy atom. The van der Waals surface area contributed by atoms with Crippen molar-refractivity contribution in [1.82, 2.24) is 0 Å². The largest absolute Gasteiger partial charge is 0.393 e. The van der Waals surface area contributed by atoms with Crippen molar-refractivity contribution in [3.8, 4) is 0 Å². The van der Waals surface area contributed by atoms with Crippen LogP contribution in [0.4, 0.5) is 8.78 Å². The summed E-state index contributed by atoms with van der Waals surface area (Å²) in [4.78, 5) is 0. The summed E-state index contributed by atoms with van der Waals surface area (Å²) in [6.07, 6.45) is 1.01. The Morgan fingerprint density at radius 2 is 2.08 bits per heavy atom. The van der Waals surface area contributed by atoms with Gasteiger partial charge in [-0.2, -0.15) is 0 Å². The summed E-state index contributed by atoms with van der Waals surface area (Å²) in [5, 5.41) is 9.22. The van der Waals surface area contributed by atoms with Crippen LogP contribution in [0.3, 0.4) is 0 Å². The monoisotopic (exact) mass is 192 g/mol. The minimum Gasteiger partial charge on any atom is -0.393 e. The van der Waals surface area contributed by atoms with Gasteiger partial charge in [-0.05, 0) is 31.6 Å². The smallest absolute Gasteiger partial charge is 0.248 e. The van der Waals surface area contributed by atoms with Crippen LogP contribution in [0.15, 0.2) is 0 Å². The number of aliphatic hydroxyl groups excluding tert-OH is 1. The van der Waals surface area contributed by atoms with Gasteiger partial charge in [0.1, 0.15) is 0 Å². The molecule has 1 nitrogen and oxygen atoms in total. The van der Waals surface area contributed by atoms with Crippen molar-refractivity contribution in [3.05, 3.63) is 0 Å². The molecule has 1 aliphatic carbocycles. The molecule has 0 saturated heterocycles. The van der Waals surface area contributed by atoms with Crippen LogP contribution in [-0.4, -0.2) is 17.1 Å². The van der Waals surface area contributed by atoms with Gasteiger partial charge in [-0.3, -0.25) is 0 Å². The third kappa shape index (κ3) is 3.22. The van der Waals surface area contributed by atoms with Gasteiger partial charge in [-0.25, -0.2) is 8.78 Å². The maximum Gasteiger partial charge on any atom is 0.248 e. The summed E-state index contributed by atoms with van der Waals surface area (Å²) in [5.74, 6) is -2.19. The van der Waals surface area contributed by atoms with Crippen LogP contribution in [-0.2, 0) is 0 Å². The van der Waals surface area contributed by atoms with Gasteiger partial charge in [0, 0.05) is 12.8 Å². The van der Waals surface area contributed by atoms with Crippen molar-refractivity contribution in [3.63, 3.8) is 0 Å². The van der Waals surface area contributed by atoms with Crippen LogP contribution < -0.4 is 0 Å². The maximum atomic E-state index is 12.8. The van der Waals surface area contributed by atoms with E-state index in [2.05, 4.69) is 0 Å². The predicted molar refractivity (Wildman–Crippen MR) is 47.7 cm³/mol. The fourth-order valence-electron chi connectivity index (χ4n) is 1.97. The lowest BCUT2D eigenvalue weighted by molar-refractivity contribution is 0.00287. The molecule has 1 N–H and O–H groups in total. The molecule has 3 heteroatoms. The standard InChI is InChI=1S/C10H18F2O/c1-7(8(2)13)5-9-3-4-10(11,12)6-9/h7-9,13H,3-6H2,1-2H3. The maximum absolute atomic E-state index is 12.8. The lowest BCUT2D eigenvalue weighted by atomic mass is 9.91. The highest BCUT2D eigenvalue weighted by Gasteiger charge is 2.39. The molecule has 1 saturated carbocycles. The number of hydrogen-bond donors (Lipinski definition) is 1. The number of rotatable bonds is 3. The average Bonchev–Trinajstić information content (AvgIpc) is 2.30. The highest BCUT2D eigenvalue weighted by atomic mass is 19.3. The minimum absolute atomic E-state index is 0.0179. The Morgan fingerprint density at radius 1 is 1.46 bits per heavy atom. The molecule has 78 valence electrons. The van der Waals surface area contributed by atoms with Crippen LogP contribution in [0.2, 0.25) is 0 Å². The highest BCUT2D eigenvalue weighted by Crippen LogP contribution is 2.41. The molecule has 0 bridgehead atoms. The molecule has 3 atom stereocenters. The van der Waals surface area contributed by atoms with Crippen molar-refractivity contribution in [2.75, 3.05) is 0 Å². The molecule has 1 rings (SSSR count). The number of hydrogen-bond acceptors (Lipinski definition) is 1. The summed E-state index contributed by atoms with van der Waals surface area (Å²) in [5.41, 5.74) is 0. The number of aliphatic hydroxyl groups is 1. The fraction of sp³-hybridized carbons (Fsp3) is 1.00. The van der Waals surface area contributed by atoms with E-state index in [1.54, 1.807) is 6.92 Å². The average molecular weight is 192 g/mol. The first-order chi connectivity index (χ1) is 5.91. The van der Waals surface area contributed by atoms with E-state index in [9.17, 15) is 13.9 Å². The molecule has 13 heavy (non-hydrogen) atoms. The van der Waals surface area contributed by atoms with E-state index in [4.69, 9.17) is 0 Å². The molecule has 0 aliphatic heterocycles. The fourth-order valence-corrected chi connectivity index (χ4v) is 1.97. The first-order valence-corrected chi connectivity index (χ1v) is 4.96. The first-order valence-electron chi connectivity index (χ1n) is 4.96. The first kappa shape index (κ1) is 10.9. The zero-order valence-corrected chi connectivity index (χ0v) is 8.26. The summed E-state index contributed by atoms with van der Waals surface area (Å²) < 4.78 is 25.6. The van der Waals surface area contributed by atoms with E-state index in [0.29, 0.717) is 6.42 Å². The molecule has 1 aliphatic rings. The summed E-state index contributed by atoms with van der Waals surface area (Å²) in [6.45, 7) is 3.64. The quantitative estimate of drug-likeness (QED) is 0.729. The molecule has 0 aromatic heterocycles. The van der Waals surface area contributed by atoms with Gasteiger partial charge < -0.3 is 5.11 Å². The summed E-state index contributed by atoms with van der Waals surface area (Å²) in [7, 11) is 0. The highest BCUT2D eigenvalue weighted by molar-refractivity contribution is 4.82. The van der Waals surface area contributed by atoms with E-state index in [-0.39, 0.29) is 30.8 Å². The zero-order valence-electron chi connectivity index (χ0n) is 8.26. The van der Waals surface area contributed by atoms with Crippen LogP contribution in [0.25, 0.3) is 0 Å². The van der Waals surface area contributed by atoms with Gasteiger partial charge in [0.05, 0.1) is 6.10 Å². The summed E-state index contributed by atoms with van der Waals surface area (Å²) >= 11 is 0. The van der Waals surface area contributed by atoms with Gasteiger partial charge in [0.15, 0.2) is 0 Å². The SMILES string of the molecule is CC(O)C(C)CC1CCC(F)(F)C1. The van der Waals surface area contributed by atoms with Crippen LogP contribution in [0.5, 0.6) is 0 Å². The van der Waals surface area contributed by atoms with E-state index < -0.39 is 5.92 Å². The Balaban J connectivity index is 2.32. The number of alkyl halides is 2. The lowest BCUT2D eigenvalue weighted by Gasteiger charge is -2.18. The third-order valence-corrected chi connectivity index (χ3v) is 3.03. The van der Waals surface area contributed by atoms with Crippen molar-refractivity contribution in [2.24, 2.45) is 11.8 Å². The second-order valence-electron chi connectivity index (χ2n) is 4.42. The Kier molecular flexibility index (Phi) is 3.28. The molecule has 1 fully saturated rings. The van der Waals surface area contributed by atoms with Gasteiger partial charge in [0.25, 0.3) is 0 Å². The van der Waals surface area contributed by atoms with Crippen molar-refractivity contribution in [2.45, 2.75) is 51.6 Å². The van der Waals surface area contributed by atoms with Crippen LogP contribution in [0, 0.1) is 11.8 Å². The Bertz CT molecular complexity index is 168. The van der Waals surface area contributed by atoms with Crippen LogP contribution >= 0.6 is 0 Å². The van der Waals surface area contributed by atoms with Crippen molar-refractivity contribution >= 4 is 0 Å². The topological polar surface area (TPSA) is 20.2 Å². The van der Waals surface area contributed by atoms with Crippen LogP contribution in [0.1, 0.15) is 39.5 Å². The molecule has 0 spiro atoms. The van der Waals surface area contributed by atoms with Gasteiger partial charge in [-0.1, -0.05) is 6.92 Å². The second-order valence-corrected chi connectivity index (χ2v) is 4.42. The molecule has 0 heterocycles. The van der Waals surface area contributed by atoms with Gasteiger partial charge >= 0.3 is 0 Å². The summed E-state index contributed by atoms with van der Waals surface area (Å²) in [6, 6.07) is 0. The van der Waals surface area contributed by atoms with Gasteiger partial charge in [0.2, 0.25) is 5.92 Å². The Labute approximate surface area is 78.1 Å². The predicted octanol–water partition coefficient (Wildman–Crippen LogP) is 2.83. The molecule has 0 aromatic carbocycles. The lowest BCUT2D eigenvalue weighted by Crippen LogP contribution is -2.17. The molecule has 0 radical (unpaired) electrons. The molecular weight excluding hydrogens is 174 g/mol. The third-order valence-electron chi connectivity index (χ3n) is 3.03. The van der Waals surface area contributed by atoms with Crippen molar-refractivity contribution < 1.29 is 13.9 Å².